The molecule has 0 aliphatic heterocycles. The standard InChI is InChI=1S/C18H22N4O3/c23-17(24)12-22-11-16(20-21-22)18(25)19-10-13-6-8-15(9-7-13)14-4-2-1-3-5-14/h6-9,11,14H,1-5,10,12H2,(H,19,25)(H,23,24). The van der Waals surface area contributed by atoms with Crippen molar-refractivity contribution in [2.45, 2.75) is 51.1 Å². The van der Waals surface area contributed by atoms with Crippen LogP contribution in [-0.4, -0.2) is 32.0 Å². The van der Waals surface area contributed by atoms with E-state index in [4.69, 9.17) is 5.11 Å². The summed E-state index contributed by atoms with van der Waals surface area (Å²) < 4.78 is 1.12. The molecule has 0 radical (unpaired) electrons. The highest BCUT2D eigenvalue weighted by Gasteiger charge is 2.15. The predicted molar refractivity (Wildman–Crippen MR) is 91.1 cm³/mol. The Morgan fingerprint density at radius 3 is 2.56 bits per heavy atom. The van der Waals surface area contributed by atoms with Gasteiger partial charge in [0, 0.05) is 6.54 Å². The summed E-state index contributed by atoms with van der Waals surface area (Å²) in [5.74, 6) is -0.732. The molecule has 25 heavy (non-hydrogen) atoms. The number of benzene rings is 1. The molecule has 1 aromatic heterocycles. The van der Waals surface area contributed by atoms with E-state index in [0.717, 1.165) is 10.2 Å². The number of aromatic nitrogens is 3. The fourth-order valence-corrected chi connectivity index (χ4v) is 3.23. The average Bonchev–Trinajstić information content (AvgIpc) is 3.09. The maximum Gasteiger partial charge on any atom is 0.325 e. The molecular formula is C18H22N4O3. The van der Waals surface area contributed by atoms with Gasteiger partial charge in [-0.25, -0.2) is 4.68 Å². The Hall–Kier alpha value is -2.70. The van der Waals surface area contributed by atoms with Crippen molar-refractivity contribution in [1.82, 2.24) is 20.3 Å². The summed E-state index contributed by atoms with van der Waals surface area (Å²) >= 11 is 0. The Labute approximate surface area is 146 Å². The lowest BCUT2D eigenvalue weighted by molar-refractivity contribution is -0.137. The fraction of sp³-hybridized carbons (Fsp3) is 0.444. The molecule has 1 fully saturated rings. The minimum atomic E-state index is -1.03. The summed E-state index contributed by atoms with van der Waals surface area (Å²) in [6.45, 7) is 0.0818. The molecule has 3 rings (SSSR count). The smallest absolute Gasteiger partial charge is 0.325 e. The van der Waals surface area contributed by atoms with Crippen molar-refractivity contribution in [3.05, 3.63) is 47.3 Å². The molecule has 0 atom stereocenters. The molecule has 1 saturated carbocycles. The van der Waals surface area contributed by atoms with E-state index >= 15 is 0 Å². The number of carbonyl (C=O) groups is 2. The molecule has 0 unspecified atom stereocenters. The quantitative estimate of drug-likeness (QED) is 0.840. The van der Waals surface area contributed by atoms with E-state index in [2.05, 4.69) is 27.8 Å². The number of hydrogen-bond acceptors (Lipinski definition) is 4. The number of carboxylic acids is 1. The van der Waals surface area contributed by atoms with Crippen molar-refractivity contribution in [3.63, 3.8) is 0 Å². The average molecular weight is 342 g/mol. The molecule has 132 valence electrons. The highest BCUT2D eigenvalue weighted by atomic mass is 16.4. The molecule has 1 amide bonds. The zero-order chi connectivity index (χ0) is 17.6. The Morgan fingerprint density at radius 2 is 1.88 bits per heavy atom. The van der Waals surface area contributed by atoms with E-state index in [1.165, 1.54) is 43.9 Å². The number of aliphatic carboxylic acids is 1. The van der Waals surface area contributed by atoms with Crippen molar-refractivity contribution < 1.29 is 14.7 Å². The first kappa shape index (κ1) is 17.1. The van der Waals surface area contributed by atoms with E-state index < -0.39 is 5.97 Å². The molecule has 0 bridgehead atoms. The van der Waals surface area contributed by atoms with Crippen molar-refractivity contribution in [3.8, 4) is 0 Å². The zero-order valence-corrected chi connectivity index (χ0v) is 14.0. The number of nitrogens with zero attached hydrogens (tertiary/aromatic N) is 3. The third-order valence-electron chi connectivity index (χ3n) is 4.58. The van der Waals surface area contributed by atoms with Crippen LogP contribution >= 0.6 is 0 Å². The Kier molecular flexibility index (Phi) is 5.42. The maximum atomic E-state index is 12.1. The summed E-state index contributed by atoms with van der Waals surface area (Å²) in [7, 11) is 0. The Bertz CT molecular complexity index is 733. The summed E-state index contributed by atoms with van der Waals surface area (Å²) in [4.78, 5) is 22.7. The highest BCUT2D eigenvalue weighted by molar-refractivity contribution is 5.91. The van der Waals surface area contributed by atoms with Crippen LogP contribution in [0.4, 0.5) is 0 Å². The van der Waals surface area contributed by atoms with Crippen LogP contribution in [-0.2, 0) is 17.9 Å². The minimum Gasteiger partial charge on any atom is -0.480 e. The van der Waals surface area contributed by atoms with Gasteiger partial charge in [0.25, 0.3) is 5.91 Å². The lowest BCUT2D eigenvalue weighted by Crippen LogP contribution is -2.23. The normalized spacial score (nSPS) is 15.0. The first-order chi connectivity index (χ1) is 12.1. The molecule has 2 N–H and O–H groups in total. The molecule has 1 aromatic carbocycles. The van der Waals surface area contributed by atoms with Crippen LogP contribution in [0.5, 0.6) is 0 Å². The van der Waals surface area contributed by atoms with Gasteiger partial charge in [-0.1, -0.05) is 48.7 Å². The van der Waals surface area contributed by atoms with Gasteiger partial charge in [-0.05, 0) is 29.9 Å². The second-order valence-electron chi connectivity index (χ2n) is 6.45. The van der Waals surface area contributed by atoms with Gasteiger partial charge in [-0.2, -0.15) is 0 Å². The molecule has 1 heterocycles. The van der Waals surface area contributed by atoms with Crippen LogP contribution in [0.15, 0.2) is 30.5 Å². The van der Waals surface area contributed by atoms with Crippen LogP contribution in [0.2, 0.25) is 0 Å². The number of rotatable bonds is 6. The summed E-state index contributed by atoms with van der Waals surface area (Å²) in [6.07, 6.45) is 7.83. The molecular weight excluding hydrogens is 320 g/mol. The lowest BCUT2D eigenvalue weighted by atomic mass is 9.84. The van der Waals surface area contributed by atoms with Crippen molar-refractivity contribution in [2.75, 3.05) is 0 Å². The summed E-state index contributed by atoms with van der Waals surface area (Å²) in [5.41, 5.74) is 2.51. The number of amides is 1. The van der Waals surface area contributed by atoms with Gasteiger partial charge >= 0.3 is 5.97 Å². The van der Waals surface area contributed by atoms with Crippen LogP contribution in [0.1, 0.15) is 59.6 Å². The van der Waals surface area contributed by atoms with Gasteiger partial charge < -0.3 is 10.4 Å². The van der Waals surface area contributed by atoms with Gasteiger partial charge in [0.1, 0.15) is 6.54 Å². The maximum absolute atomic E-state index is 12.1. The molecule has 7 heteroatoms. The van der Waals surface area contributed by atoms with Gasteiger partial charge in [0.15, 0.2) is 5.69 Å². The van der Waals surface area contributed by atoms with Crippen LogP contribution in [0, 0.1) is 0 Å². The first-order valence-corrected chi connectivity index (χ1v) is 8.61. The van der Waals surface area contributed by atoms with Crippen LogP contribution in [0.25, 0.3) is 0 Å². The minimum absolute atomic E-state index is 0.111. The highest BCUT2D eigenvalue weighted by Crippen LogP contribution is 2.32. The van der Waals surface area contributed by atoms with E-state index in [1.807, 2.05) is 12.1 Å². The first-order valence-electron chi connectivity index (χ1n) is 8.61. The Balaban J connectivity index is 1.53. The molecule has 1 aliphatic carbocycles. The van der Waals surface area contributed by atoms with Gasteiger partial charge in [-0.3, -0.25) is 9.59 Å². The number of carboxylic acid groups (broad SMARTS) is 1. The van der Waals surface area contributed by atoms with Crippen LogP contribution in [0.3, 0.4) is 0 Å². The molecule has 0 saturated heterocycles. The van der Waals surface area contributed by atoms with Gasteiger partial charge in [0.05, 0.1) is 6.20 Å². The second-order valence-corrected chi connectivity index (χ2v) is 6.45. The van der Waals surface area contributed by atoms with Gasteiger partial charge in [0.2, 0.25) is 0 Å². The van der Waals surface area contributed by atoms with Crippen LogP contribution < -0.4 is 5.32 Å². The predicted octanol–water partition coefficient (Wildman–Crippen LogP) is 2.34. The molecule has 0 spiro atoms. The van der Waals surface area contributed by atoms with Gasteiger partial charge in [-0.15, -0.1) is 5.10 Å². The van der Waals surface area contributed by atoms with E-state index in [0.29, 0.717) is 12.5 Å². The van der Waals surface area contributed by atoms with E-state index in [-0.39, 0.29) is 18.1 Å². The lowest BCUT2D eigenvalue weighted by Gasteiger charge is -2.22. The van der Waals surface area contributed by atoms with Crippen molar-refractivity contribution >= 4 is 11.9 Å². The second kappa shape index (κ2) is 7.92. The zero-order valence-electron chi connectivity index (χ0n) is 14.0. The number of nitrogens with one attached hydrogen (secondary N) is 1. The largest absolute Gasteiger partial charge is 0.480 e. The molecule has 7 nitrogen and oxygen atoms in total. The number of carbonyl (C=O) groups excluding carboxylic acids is 1. The van der Waals surface area contributed by atoms with Crippen molar-refractivity contribution in [1.29, 1.82) is 0 Å². The van der Waals surface area contributed by atoms with E-state index in [9.17, 15) is 9.59 Å². The third kappa shape index (κ3) is 4.65. The summed E-state index contributed by atoms with van der Waals surface area (Å²) in [5, 5.41) is 18.8. The van der Waals surface area contributed by atoms with E-state index in [1.54, 1.807) is 0 Å². The third-order valence-corrected chi connectivity index (χ3v) is 4.58. The topological polar surface area (TPSA) is 97.1 Å². The fourth-order valence-electron chi connectivity index (χ4n) is 3.23. The SMILES string of the molecule is O=C(O)Cn1cc(C(=O)NCc2ccc(C3CCCCC3)cc2)nn1. The number of hydrogen-bond donors (Lipinski definition) is 2. The monoisotopic (exact) mass is 342 g/mol. The molecule has 1 aliphatic rings. The molecule has 2 aromatic rings. The summed E-state index contributed by atoms with van der Waals surface area (Å²) in [6, 6.07) is 8.40. The van der Waals surface area contributed by atoms with Crippen molar-refractivity contribution in [2.24, 2.45) is 0 Å². The Morgan fingerprint density at radius 1 is 1.16 bits per heavy atom.